The first-order valence-electron chi connectivity index (χ1n) is 8.76. The van der Waals surface area contributed by atoms with Gasteiger partial charge in [-0.3, -0.25) is 9.69 Å². The summed E-state index contributed by atoms with van der Waals surface area (Å²) in [6.45, 7) is 5.18. The number of benzene rings is 1. The van der Waals surface area contributed by atoms with Crippen LogP contribution in [0.5, 0.6) is 0 Å². The Morgan fingerprint density at radius 2 is 2.12 bits per heavy atom. The Morgan fingerprint density at radius 1 is 1.24 bits per heavy atom. The zero-order chi connectivity index (χ0) is 17.1. The van der Waals surface area contributed by atoms with Gasteiger partial charge in [-0.1, -0.05) is 6.07 Å². The van der Waals surface area contributed by atoms with Crippen LogP contribution in [0.4, 0.5) is 0 Å². The average molecular weight is 342 g/mol. The summed E-state index contributed by atoms with van der Waals surface area (Å²) in [4.78, 5) is 17.1. The van der Waals surface area contributed by atoms with Crippen molar-refractivity contribution in [3.8, 4) is 5.69 Å². The summed E-state index contributed by atoms with van der Waals surface area (Å²) in [5.41, 5.74) is 1.45. The number of nitrogens with zero attached hydrogens (tertiary/aromatic N) is 6. The second-order valence-electron chi connectivity index (χ2n) is 6.53. The largest absolute Gasteiger partial charge is 0.377 e. The van der Waals surface area contributed by atoms with Gasteiger partial charge in [0.1, 0.15) is 6.33 Å². The van der Waals surface area contributed by atoms with E-state index in [4.69, 9.17) is 4.74 Å². The first-order valence-corrected chi connectivity index (χ1v) is 8.76. The summed E-state index contributed by atoms with van der Waals surface area (Å²) >= 11 is 0. The van der Waals surface area contributed by atoms with Gasteiger partial charge in [-0.2, -0.15) is 0 Å². The fraction of sp³-hybridized carbons (Fsp3) is 0.529. The highest BCUT2D eigenvalue weighted by molar-refractivity contribution is 5.94. The van der Waals surface area contributed by atoms with Crippen LogP contribution in [-0.4, -0.2) is 81.3 Å². The van der Waals surface area contributed by atoms with Gasteiger partial charge in [0.2, 0.25) is 0 Å². The van der Waals surface area contributed by atoms with Gasteiger partial charge >= 0.3 is 0 Å². The van der Waals surface area contributed by atoms with Crippen molar-refractivity contribution in [3.63, 3.8) is 0 Å². The van der Waals surface area contributed by atoms with Gasteiger partial charge in [-0.15, -0.1) is 5.10 Å². The highest BCUT2D eigenvalue weighted by Crippen LogP contribution is 2.16. The Morgan fingerprint density at radius 3 is 2.84 bits per heavy atom. The molecular weight excluding hydrogens is 320 g/mol. The highest BCUT2D eigenvalue weighted by atomic mass is 16.5. The van der Waals surface area contributed by atoms with Crippen molar-refractivity contribution in [1.82, 2.24) is 30.0 Å². The predicted octanol–water partition coefficient (Wildman–Crippen LogP) is 0.599. The van der Waals surface area contributed by atoms with Crippen LogP contribution < -0.4 is 0 Å². The topological polar surface area (TPSA) is 76.4 Å². The maximum absolute atomic E-state index is 12.8. The molecule has 1 aromatic carbocycles. The molecule has 0 saturated carbocycles. The summed E-state index contributed by atoms with van der Waals surface area (Å²) in [6.07, 6.45) is 4.22. The van der Waals surface area contributed by atoms with E-state index in [0.717, 1.165) is 51.4 Å². The molecule has 1 atom stereocenters. The second kappa shape index (κ2) is 7.28. The zero-order valence-electron chi connectivity index (χ0n) is 14.1. The predicted molar refractivity (Wildman–Crippen MR) is 90.5 cm³/mol. The summed E-state index contributed by atoms with van der Waals surface area (Å²) in [5.74, 6) is 0.0618. The standard InChI is InChI=1S/C17H22N6O2/c24-17(14-3-1-4-15(11-14)23-13-18-19-20-23)22-8-6-21(7-9-22)12-16-5-2-10-25-16/h1,3-4,11,13,16H,2,5-10,12H2/t16-/m0/s1. The molecule has 25 heavy (non-hydrogen) atoms. The van der Waals surface area contributed by atoms with E-state index in [2.05, 4.69) is 20.4 Å². The zero-order valence-corrected chi connectivity index (χ0v) is 14.1. The normalized spacial score (nSPS) is 21.6. The third kappa shape index (κ3) is 3.69. The molecule has 2 saturated heterocycles. The lowest BCUT2D eigenvalue weighted by Crippen LogP contribution is -2.50. The van der Waals surface area contributed by atoms with E-state index in [1.54, 1.807) is 4.68 Å². The molecule has 0 radical (unpaired) electrons. The number of carbonyl (C=O) groups is 1. The minimum atomic E-state index is 0.0618. The summed E-state index contributed by atoms with van der Waals surface area (Å²) < 4.78 is 7.26. The van der Waals surface area contributed by atoms with E-state index < -0.39 is 0 Å². The lowest BCUT2D eigenvalue weighted by molar-refractivity contribution is 0.0432. The summed E-state index contributed by atoms with van der Waals surface area (Å²) in [6, 6.07) is 7.41. The number of piperazine rings is 1. The lowest BCUT2D eigenvalue weighted by Gasteiger charge is -2.35. The van der Waals surface area contributed by atoms with E-state index in [1.165, 1.54) is 12.7 Å². The van der Waals surface area contributed by atoms with Gasteiger partial charge in [0.15, 0.2) is 0 Å². The van der Waals surface area contributed by atoms with Crippen molar-refractivity contribution in [2.24, 2.45) is 0 Å². The highest BCUT2D eigenvalue weighted by Gasteiger charge is 2.25. The van der Waals surface area contributed by atoms with Gasteiger partial charge in [0, 0.05) is 44.9 Å². The van der Waals surface area contributed by atoms with Crippen LogP contribution in [0.25, 0.3) is 5.69 Å². The van der Waals surface area contributed by atoms with Gasteiger partial charge in [0.05, 0.1) is 11.8 Å². The number of tetrazole rings is 1. The number of amides is 1. The molecule has 0 unspecified atom stereocenters. The van der Waals surface area contributed by atoms with Gasteiger partial charge < -0.3 is 9.64 Å². The Labute approximate surface area is 146 Å². The van der Waals surface area contributed by atoms with Crippen molar-refractivity contribution in [3.05, 3.63) is 36.2 Å². The molecule has 0 spiro atoms. The van der Waals surface area contributed by atoms with Gasteiger partial charge in [-0.25, -0.2) is 4.68 Å². The Kier molecular flexibility index (Phi) is 4.71. The Balaban J connectivity index is 1.36. The molecule has 8 heteroatoms. The second-order valence-corrected chi connectivity index (χ2v) is 6.53. The summed E-state index contributed by atoms with van der Waals surface area (Å²) in [5, 5.41) is 11.1. The molecule has 4 rings (SSSR count). The molecule has 2 aliphatic heterocycles. The van der Waals surface area contributed by atoms with Crippen LogP contribution >= 0.6 is 0 Å². The number of hydrogen-bond donors (Lipinski definition) is 0. The number of rotatable bonds is 4. The van der Waals surface area contributed by atoms with E-state index in [0.29, 0.717) is 11.7 Å². The van der Waals surface area contributed by atoms with E-state index >= 15 is 0 Å². The maximum atomic E-state index is 12.8. The molecule has 2 aromatic rings. The molecule has 0 N–H and O–H groups in total. The number of hydrogen-bond acceptors (Lipinski definition) is 6. The molecular formula is C17H22N6O2. The van der Waals surface area contributed by atoms with Crippen LogP contribution in [0.2, 0.25) is 0 Å². The van der Waals surface area contributed by atoms with Crippen LogP contribution in [0.3, 0.4) is 0 Å². The number of ether oxygens (including phenoxy) is 1. The maximum Gasteiger partial charge on any atom is 0.254 e. The van der Waals surface area contributed by atoms with E-state index in [1.807, 2.05) is 29.2 Å². The van der Waals surface area contributed by atoms with Crippen molar-refractivity contribution < 1.29 is 9.53 Å². The molecule has 0 aliphatic carbocycles. The SMILES string of the molecule is O=C(c1cccc(-n2cnnn2)c1)N1CCN(C[C@@H]2CCCO2)CC1. The monoisotopic (exact) mass is 342 g/mol. The van der Waals surface area contributed by atoms with Crippen LogP contribution in [0.1, 0.15) is 23.2 Å². The lowest BCUT2D eigenvalue weighted by atomic mass is 10.1. The van der Waals surface area contributed by atoms with Crippen LogP contribution in [-0.2, 0) is 4.74 Å². The van der Waals surface area contributed by atoms with Gasteiger partial charge in [0.25, 0.3) is 5.91 Å². The number of carbonyl (C=O) groups excluding carboxylic acids is 1. The number of aromatic nitrogens is 4. The van der Waals surface area contributed by atoms with Gasteiger partial charge in [-0.05, 0) is 41.5 Å². The van der Waals surface area contributed by atoms with Crippen molar-refractivity contribution >= 4 is 5.91 Å². The van der Waals surface area contributed by atoms with E-state index in [9.17, 15) is 4.79 Å². The first-order chi connectivity index (χ1) is 12.3. The van der Waals surface area contributed by atoms with Crippen molar-refractivity contribution in [2.75, 3.05) is 39.3 Å². The Hall–Kier alpha value is -2.32. The molecule has 132 valence electrons. The molecule has 3 heterocycles. The minimum Gasteiger partial charge on any atom is -0.377 e. The smallest absolute Gasteiger partial charge is 0.254 e. The molecule has 2 aliphatic rings. The molecule has 8 nitrogen and oxygen atoms in total. The van der Waals surface area contributed by atoms with Crippen LogP contribution in [0.15, 0.2) is 30.6 Å². The Bertz CT molecular complexity index is 706. The quantitative estimate of drug-likeness (QED) is 0.810. The molecule has 1 amide bonds. The molecule has 2 fully saturated rings. The average Bonchev–Trinajstić information content (AvgIpc) is 3.36. The third-order valence-electron chi connectivity index (χ3n) is 4.85. The molecule has 0 bridgehead atoms. The fourth-order valence-corrected chi connectivity index (χ4v) is 3.45. The third-order valence-corrected chi connectivity index (χ3v) is 4.85. The molecule has 1 aromatic heterocycles. The van der Waals surface area contributed by atoms with E-state index in [-0.39, 0.29) is 5.91 Å². The van der Waals surface area contributed by atoms with Crippen molar-refractivity contribution in [2.45, 2.75) is 18.9 Å². The van der Waals surface area contributed by atoms with Crippen LogP contribution in [0, 0.1) is 0 Å². The van der Waals surface area contributed by atoms with Crippen molar-refractivity contribution in [1.29, 1.82) is 0 Å². The fourth-order valence-electron chi connectivity index (χ4n) is 3.45. The summed E-state index contributed by atoms with van der Waals surface area (Å²) in [7, 11) is 0. The minimum absolute atomic E-state index is 0.0618. The first kappa shape index (κ1) is 16.2.